The zero-order chi connectivity index (χ0) is 10.1. The van der Waals surface area contributed by atoms with Crippen LogP contribution in [-0.4, -0.2) is 22.8 Å². The van der Waals surface area contributed by atoms with Crippen LogP contribution in [0.5, 0.6) is 0 Å². The zero-order valence-electron chi connectivity index (χ0n) is 9.22. The monoisotopic (exact) mass is 193 g/mol. The number of aromatic nitrogens is 2. The van der Waals surface area contributed by atoms with Gasteiger partial charge >= 0.3 is 0 Å². The van der Waals surface area contributed by atoms with Crippen LogP contribution in [-0.2, 0) is 0 Å². The Morgan fingerprint density at radius 2 is 2.21 bits per heavy atom. The number of nitrogens with zero attached hydrogens (tertiary/aromatic N) is 1. The van der Waals surface area contributed by atoms with Crippen molar-refractivity contribution in [2.45, 2.75) is 45.6 Å². The Labute approximate surface area is 85.3 Å². The van der Waals surface area contributed by atoms with Crippen LogP contribution < -0.4 is 5.32 Å². The molecule has 3 nitrogen and oxygen atoms in total. The summed E-state index contributed by atoms with van der Waals surface area (Å²) >= 11 is 0. The minimum atomic E-state index is 0.564. The molecule has 1 heterocycles. The summed E-state index contributed by atoms with van der Waals surface area (Å²) in [5.74, 6) is 0.564. The SMILES string of the molecule is Cc1n[nH]c(C)c1C(C)CNC1CC1. The molecule has 1 aliphatic rings. The van der Waals surface area contributed by atoms with Crippen molar-refractivity contribution in [1.82, 2.24) is 15.5 Å². The summed E-state index contributed by atoms with van der Waals surface area (Å²) in [5.41, 5.74) is 3.75. The summed E-state index contributed by atoms with van der Waals surface area (Å²) in [7, 11) is 0. The van der Waals surface area contributed by atoms with E-state index in [1.807, 2.05) is 0 Å². The fourth-order valence-electron chi connectivity index (χ4n) is 2.02. The maximum absolute atomic E-state index is 4.23. The minimum absolute atomic E-state index is 0.564. The molecule has 1 aromatic heterocycles. The number of hydrogen-bond acceptors (Lipinski definition) is 2. The highest BCUT2D eigenvalue weighted by atomic mass is 15.1. The molecule has 0 bridgehead atoms. The molecule has 3 heteroatoms. The summed E-state index contributed by atoms with van der Waals surface area (Å²) in [5, 5.41) is 10.8. The Kier molecular flexibility index (Phi) is 2.59. The molecule has 0 aromatic carbocycles. The van der Waals surface area contributed by atoms with Gasteiger partial charge in [0.2, 0.25) is 0 Å². The third-order valence-electron chi connectivity index (χ3n) is 2.97. The Morgan fingerprint density at radius 3 is 2.71 bits per heavy atom. The number of aryl methyl sites for hydroxylation is 2. The number of aromatic amines is 1. The van der Waals surface area contributed by atoms with Gasteiger partial charge in [-0.2, -0.15) is 5.10 Å². The first kappa shape index (κ1) is 9.71. The second-order valence-corrected chi connectivity index (χ2v) is 4.43. The molecular formula is C11H19N3. The molecule has 1 aromatic rings. The van der Waals surface area contributed by atoms with Gasteiger partial charge in [0.05, 0.1) is 5.69 Å². The van der Waals surface area contributed by atoms with Crippen molar-refractivity contribution in [3.05, 3.63) is 17.0 Å². The third kappa shape index (κ3) is 1.98. The third-order valence-corrected chi connectivity index (χ3v) is 2.97. The lowest BCUT2D eigenvalue weighted by Gasteiger charge is -2.12. The molecule has 1 atom stereocenters. The molecule has 0 aliphatic heterocycles. The maximum Gasteiger partial charge on any atom is 0.0629 e. The normalized spacial score (nSPS) is 18.5. The van der Waals surface area contributed by atoms with Gasteiger partial charge in [-0.05, 0) is 38.2 Å². The zero-order valence-corrected chi connectivity index (χ0v) is 9.22. The van der Waals surface area contributed by atoms with Gasteiger partial charge in [0, 0.05) is 18.3 Å². The lowest BCUT2D eigenvalue weighted by Crippen LogP contribution is -2.22. The van der Waals surface area contributed by atoms with E-state index in [1.54, 1.807) is 0 Å². The van der Waals surface area contributed by atoms with Crippen molar-refractivity contribution in [2.24, 2.45) is 0 Å². The van der Waals surface area contributed by atoms with Crippen molar-refractivity contribution in [2.75, 3.05) is 6.54 Å². The average molecular weight is 193 g/mol. The molecule has 2 rings (SSSR count). The van der Waals surface area contributed by atoms with Gasteiger partial charge in [0.15, 0.2) is 0 Å². The van der Waals surface area contributed by atoms with Crippen molar-refractivity contribution in [3.8, 4) is 0 Å². The fraction of sp³-hybridized carbons (Fsp3) is 0.727. The van der Waals surface area contributed by atoms with Crippen LogP contribution >= 0.6 is 0 Å². The molecule has 0 amide bonds. The smallest absolute Gasteiger partial charge is 0.0629 e. The van der Waals surface area contributed by atoms with E-state index in [0.717, 1.165) is 18.3 Å². The Hall–Kier alpha value is -0.830. The lowest BCUT2D eigenvalue weighted by atomic mass is 9.99. The largest absolute Gasteiger partial charge is 0.313 e. The van der Waals surface area contributed by atoms with Crippen LogP contribution in [0.25, 0.3) is 0 Å². The van der Waals surface area contributed by atoms with Gasteiger partial charge < -0.3 is 5.32 Å². The van der Waals surface area contributed by atoms with Crippen LogP contribution in [0.15, 0.2) is 0 Å². The quantitative estimate of drug-likeness (QED) is 0.766. The molecule has 0 radical (unpaired) electrons. The first-order valence-corrected chi connectivity index (χ1v) is 5.43. The standard InChI is InChI=1S/C11H19N3/c1-7(6-12-10-4-5-10)11-8(2)13-14-9(11)3/h7,10,12H,4-6H2,1-3H3,(H,13,14). The molecular weight excluding hydrogens is 174 g/mol. The van der Waals surface area contributed by atoms with Crippen LogP contribution in [0.3, 0.4) is 0 Å². The highest BCUT2D eigenvalue weighted by Gasteiger charge is 2.22. The predicted molar refractivity (Wildman–Crippen MR) is 57.5 cm³/mol. The van der Waals surface area contributed by atoms with Crippen molar-refractivity contribution < 1.29 is 0 Å². The van der Waals surface area contributed by atoms with Crippen LogP contribution in [0.4, 0.5) is 0 Å². The molecule has 1 saturated carbocycles. The summed E-state index contributed by atoms with van der Waals surface area (Å²) in [6.45, 7) is 7.52. The summed E-state index contributed by atoms with van der Waals surface area (Å²) in [4.78, 5) is 0. The number of rotatable bonds is 4. The average Bonchev–Trinajstić information content (AvgIpc) is 2.90. The Bertz CT molecular complexity index is 293. The number of H-pyrrole nitrogens is 1. The van der Waals surface area contributed by atoms with Gasteiger partial charge in [-0.1, -0.05) is 6.92 Å². The van der Waals surface area contributed by atoms with Gasteiger partial charge in [0.25, 0.3) is 0 Å². The molecule has 78 valence electrons. The lowest BCUT2D eigenvalue weighted by molar-refractivity contribution is 0.608. The number of hydrogen-bond donors (Lipinski definition) is 2. The Balaban J connectivity index is 1.97. The highest BCUT2D eigenvalue weighted by molar-refractivity contribution is 5.27. The summed E-state index contributed by atoms with van der Waals surface area (Å²) in [6.07, 6.45) is 2.71. The van der Waals surface area contributed by atoms with E-state index in [-0.39, 0.29) is 0 Å². The minimum Gasteiger partial charge on any atom is -0.313 e. The first-order valence-electron chi connectivity index (χ1n) is 5.43. The molecule has 1 unspecified atom stereocenters. The van der Waals surface area contributed by atoms with Crippen LogP contribution in [0.1, 0.15) is 42.6 Å². The maximum atomic E-state index is 4.23. The molecule has 1 fully saturated rings. The molecule has 2 N–H and O–H groups in total. The molecule has 0 spiro atoms. The van der Waals surface area contributed by atoms with E-state index in [0.29, 0.717) is 5.92 Å². The van der Waals surface area contributed by atoms with Crippen LogP contribution in [0.2, 0.25) is 0 Å². The first-order chi connectivity index (χ1) is 6.68. The van der Waals surface area contributed by atoms with Crippen LogP contribution in [0, 0.1) is 13.8 Å². The Morgan fingerprint density at radius 1 is 1.50 bits per heavy atom. The van der Waals surface area contributed by atoms with E-state index in [2.05, 4.69) is 36.3 Å². The second kappa shape index (κ2) is 3.73. The molecule has 0 saturated heterocycles. The van der Waals surface area contributed by atoms with Crippen molar-refractivity contribution in [3.63, 3.8) is 0 Å². The second-order valence-electron chi connectivity index (χ2n) is 4.43. The van der Waals surface area contributed by atoms with E-state index in [4.69, 9.17) is 0 Å². The van der Waals surface area contributed by atoms with E-state index in [1.165, 1.54) is 24.1 Å². The molecule has 14 heavy (non-hydrogen) atoms. The van der Waals surface area contributed by atoms with Gasteiger partial charge in [-0.15, -0.1) is 0 Å². The topological polar surface area (TPSA) is 40.7 Å². The number of nitrogens with one attached hydrogen (secondary N) is 2. The van der Waals surface area contributed by atoms with Crippen molar-refractivity contribution in [1.29, 1.82) is 0 Å². The van der Waals surface area contributed by atoms with E-state index < -0.39 is 0 Å². The summed E-state index contributed by atoms with van der Waals surface area (Å²) < 4.78 is 0. The highest BCUT2D eigenvalue weighted by Crippen LogP contribution is 2.23. The van der Waals surface area contributed by atoms with Gasteiger partial charge in [-0.3, -0.25) is 5.10 Å². The van der Waals surface area contributed by atoms with Gasteiger partial charge in [0.1, 0.15) is 0 Å². The van der Waals surface area contributed by atoms with Crippen molar-refractivity contribution >= 4 is 0 Å². The van der Waals surface area contributed by atoms with E-state index in [9.17, 15) is 0 Å². The summed E-state index contributed by atoms with van der Waals surface area (Å²) in [6, 6.07) is 0.796. The predicted octanol–water partition coefficient (Wildman–Crippen LogP) is 1.88. The fourth-order valence-corrected chi connectivity index (χ4v) is 2.02. The van der Waals surface area contributed by atoms with E-state index >= 15 is 0 Å². The van der Waals surface area contributed by atoms with Gasteiger partial charge in [-0.25, -0.2) is 0 Å². The molecule has 1 aliphatic carbocycles.